The fraction of sp³-hybridized carbons (Fsp3) is 0.533. The van der Waals surface area contributed by atoms with Crippen LogP contribution in [0.25, 0.3) is 0 Å². The van der Waals surface area contributed by atoms with Crippen LogP contribution in [0, 0.1) is 0 Å². The normalized spacial score (nSPS) is 23.9. The second-order valence-electron chi connectivity index (χ2n) is 5.13. The maximum absolute atomic E-state index is 12.2. The molecule has 2 heteroatoms. The molecule has 0 aromatic heterocycles. The molecular formula is C15H21NO. The van der Waals surface area contributed by atoms with E-state index in [1.807, 2.05) is 6.92 Å². The highest BCUT2D eigenvalue weighted by atomic mass is 16.1. The van der Waals surface area contributed by atoms with Gasteiger partial charge in [-0.3, -0.25) is 4.79 Å². The first-order chi connectivity index (χ1) is 8.14. The van der Waals surface area contributed by atoms with Crippen LogP contribution in [0.5, 0.6) is 0 Å². The summed E-state index contributed by atoms with van der Waals surface area (Å²) in [7, 11) is 0. The number of hydrogen-bond acceptors (Lipinski definition) is 2. The molecule has 1 heterocycles. The average molecular weight is 231 g/mol. The van der Waals surface area contributed by atoms with Crippen molar-refractivity contribution in [2.45, 2.75) is 45.1 Å². The van der Waals surface area contributed by atoms with E-state index >= 15 is 0 Å². The van der Waals surface area contributed by atoms with Crippen LogP contribution in [-0.4, -0.2) is 17.9 Å². The molecule has 0 radical (unpaired) electrons. The van der Waals surface area contributed by atoms with Crippen molar-refractivity contribution in [1.82, 2.24) is 5.32 Å². The molecule has 0 bridgehead atoms. The minimum Gasteiger partial charge on any atom is -0.305 e. The van der Waals surface area contributed by atoms with E-state index < -0.39 is 0 Å². The van der Waals surface area contributed by atoms with Crippen molar-refractivity contribution < 1.29 is 4.79 Å². The van der Waals surface area contributed by atoms with Gasteiger partial charge in [-0.2, -0.15) is 0 Å². The second kappa shape index (κ2) is 5.01. The molecule has 1 atom stereocenters. The minimum absolute atomic E-state index is 0.288. The van der Waals surface area contributed by atoms with Crippen molar-refractivity contribution in [2.24, 2.45) is 0 Å². The molecule has 1 N–H and O–H groups in total. The predicted octanol–water partition coefficient (Wildman–Crippen LogP) is 2.50. The topological polar surface area (TPSA) is 29.1 Å². The molecule has 1 fully saturated rings. The van der Waals surface area contributed by atoms with Gasteiger partial charge in [0.15, 0.2) is 5.78 Å². The van der Waals surface area contributed by atoms with Crippen molar-refractivity contribution in [3.63, 3.8) is 0 Å². The van der Waals surface area contributed by atoms with Gasteiger partial charge in [0, 0.05) is 6.42 Å². The lowest BCUT2D eigenvalue weighted by molar-refractivity contribution is -0.123. The van der Waals surface area contributed by atoms with Gasteiger partial charge in [0.25, 0.3) is 0 Å². The Balaban J connectivity index is 2.02. The number of benzene rings is 1. The Labute approximate surface area is 103 Å². The Morgan fingerprint density at radius 3 is 2.47 bits per heavy atom. The maximum Gasteiger partial charge on any atom is 0.156 e. The number of aryl methyl sites for hydroxylation is 1. The van der Waals surface area contributed by atoms with E-state index in [2.05, 4.69) is 36.5 Å². The number of rotatable bonds is 4. The van der Waals surface area contributed by atoms with Gasteiger partial charge in [-0.1, -0.05) is 31.2 Å². The lowest BCUT2D eigenvalue weighted by atomic mass is 9.90. The quantitative estimate of drug-likeness (QED) is 0.862. The molecule has 0 spiro atoms. The highest BCUT2D eigenvalue weighted by Crippen LogP contribution is 2.21. The van der Waals surface area contributed by atoms with E-state index in [0.29, 0.717) is 12.2 Å². The largest absolute Gasteiger partial charge is 0.305 e. The molecule has 1 saturated heterocycles. The van der Waals surface area contributed by atoms with Crippen LogP contribution in [0.2, 0.25) is 0 Å². The van der Waals surface area contributed by atoms with Crippen LogP contribution in [0.15, 0.2) is 24.3 Å². The van der Waals surface area contributed by atoms with Crippen LogP contribution in [0.4, 0.5) is 0 Å². The molecule has 17 heavy (non-hydrogen) atoms. The third-order valence-electron chi connectivity index (χ3n) is 3.78. The fourth-order valence-electron chi connectivity index (χ4n) is 2.41. The van der Waals surface area contributed by atoms with E-state index in [0.717, 1.165) is 31.4 Å². The molecule has 1 aromatic carbocycles. The summed E-state index contributed by atoms with van der Waals surface area (Å²) in [6.07, 6.45) is 3.68. The van der Waals surface area contributed by atoms with Crippen molar-refractivity contribution in [3.8, 4) is 0 Å². The number of hydrogen-bond donors (Lipinski definition) is 1. The summed E-state index contributed by atoms with van der Waals surface area (Å²) in [4.78, 5) is 12.2. The van der Waals surface area contributed by atoms with E-state index in [4.69, 9.17) is 0 Å². The van der Waals surface area contributed by atoms with Crippen LogP contribution in [0.1, 0.15) is 37.8 Å². The summed E-state index contributed by atoms with van der Waals surface area (Å²) < 4.78 is 0. The molecule has 0 saturated carbocycles. The smallest absolute Gasteiger partial charge is 0.156 e. The van der Waals surface area contributed by atoms with Crippen molar-refractivity contribution >= 4 is 5.78 Å². The average Bonchev–Trinajstić information content (AvgIpc) is 2.78. The maximum atomic E-state index is 12.2. The number of carbonyl (C=O) groups is 1. The third-order valence-corrected chi connectivity index (χ3v) is 3.78. The zero-order valence-electron chi connectivity index (χ0n) is 10.8. The first-order valence-corrected chi connectivity index (χ1v) is 6.50. The van der Waals surface area contributed by atoms with E-state index in [1.165, 1.54) is 5.56 Å². The standard InChI is InChI=1S/C15H21NO/c1-3-12-5-7-13(8-6-12)11-14(17)15(2)9-4-10-16-15/h5-8,16H,3-4,9-11H2,1-2H3. The molecule has 0 amide bonds. The number of ketones is 1. The van der Waals surface area contributed by atoms with Gasteiger partial charge >= 0.3 is 0 Å². The summed E-state index contributed by atoms with van der Waals surface area (Å²) in [6, 6.07) is 8.39. The van der Waals surface area contributed by atoms with Crippen LogP contribution in [-0.2, 0) is 17.6 Å². The van der Waals surface area contributed by atoms with Gasteiger partial charge in [0.2, 0.25) is 0 Å². The Hall–Kier alpha value is -1.15. The lowest BCUT2D eigenvalue weighted by Gasteiger charge is -2.22. The molecule has 1 aromatic rings. The Morgan fingerprint density at radius 1 is 1.29 bits per heavy atom. The number of Topliss-reactive ketones (excluding diaryl/α,β-unsaturated/α-hetero) is 1. The Bertz CT molecular complexity index is 388. The van der Waals surface area contributed by atoms with Gasteiger partial charge < -0.3 is 5.32 Å². The summed E-state index contributed by atoms with van der Waals surface area (Å²) in [5.74, 6) is 0.319. The fourth-order valence-corrected chi connectivity index (χ4v) is 2.41. The summed E-state index contributed by atoms with van der Waals surface area (Å²) in [6.45, 7) is 5.14. The number of carbonyl (C=O) groups excluding carboxylic acids is 1. The van der Waals surface area contributed by atoms with Gasteiger partial charge in [-0.25, -0.2) is 0 Å². The Morgan fingerprint density at radius 2 is 1.94 bits per heavy atom. The highest BCUT2D eigenvalue weighted by Gasteiger charge is 2.35. The predicted molar refractivity (Wildman–Crippen MR) is 70.2 cm³/mol. The van der Waals surface area contributed by atoms with E-state index in [1.54, 1.807) is 0 Å². The van der Waals surface area contributed by atoms with Gasteiger partial charge in [-0.05, 0) is 43.9 Å². The minimum atomic E-state index is -0.288. The molecule has 1 unspecified atom stereocenters. The first-order valence-electron chi connectivity index (χ1n) is 6.50. The van der Waals surface area contributed by atoms with Gasteiger partial charge in [-0.15, -0.1) is 0 Å². The van der Waals surface area contributed by atoms with Crippen molar-refractivity contribution in [2.75, 3.05) is 6.54 Å². The molecule has 2 nitrogen and oxygen atoms in total. The molecule has 2 rings (SSSR count). The summed E-state index contributed by atoms with van der Waals surface area (Å²) in [5, 5.41) is 3.33. The monoisotopic (exact) mass is 231 g/mol. The summed E-state index contributed by atoms with van der Waals surface area (Å²) in [5.41, 5.74) is 2.16. The van der Waals surface area contributed by atoms with Gasteiger partial charge in [0.1, 0.15) is 0 Å². The second-order valence-corrected chi connectivity index (χ2v) is 5.13. The van der Waals surface area contributed by atoms with Crippen LogP contribution in [0.3, 0.4) is 0 Å². The van der Waals surface area contributed by atoms with Crippen LogP contribution >= 0.6 is 0 Å². The highest BCUT2D eigenvalue weighted by molar-refractivity contribution is 5.90. The molecular weight excluding hydrogens is 210 g/mol. The van der Waals surface area contributed by atoms with E-state index in [9.17, 15) is 4.79 Å². The van der Waals surface area contributed by atoms with Crippen molar-refractivity contribution in [3.05, 3.63) is 35.4 Å². The zero-order valence-corrected chi connectivity index (χ0v) is 10.8. The molecule has 1 aliphatic heterocycles. The molecule has 0 aliphatic carbocycles. The SMILES string of the molecule is CCc1ccc(CC(=O)C2(C)CCCN2)cc1. The van der Waals surface area contributed by atoms with Gasteiger partial charge in [0.05, 0.1) is 5.54 Å². The zero-order chi connectivity index (χ0) is 12.3. The third kappa shape index (κ3) is 2.75. The molecule has 92 valence electrons. The van der Waals surface area contributed by atoms with Crippen LogP contribution < -0.4 is 5.32 Å². The van der Waals surface area contributed by atoms with Crippen molar-refractivity contribution in [1.29, 1.82) is 0 Å². The first kappa shape index (κ1) is 12.3. The number of nitrogens with one attached hydrogen (secondary N) is 1. The van der Waals surface area contributed by atoms with E-state index in [-0.39, 0.29) is 5.54 Å². The lowest BCUT2D eigenvalue weighted by Crippen LogP contribution is -2.45. The Kier molecular flexibility index (Phi) is 3.63. The molecule has 1 aliphatic rings. The summed E-state index contributed by atoms with van der Waals surface area (Å²) >= 11 is 0.